The van der Waals surface area contributed by atoms with E-state index in [1.54, 1.807) is 13.8 Å². The summed E-state index contributed by atoms with van der Waals surface area (Å²) < 4.78 is 5.53. The van der Waals surface area contributed by atoms with E-state index in [0.29, 0.717) is 11.7 Å². The van der Waals surface area contributed by atoms with Gasteiger partial charge in [-0.15, -0.1) is 0 Å². The van der Waals surface area contributed by atoms with Crippen molar-refractivity contribution in [3.63, 3.8) is 0 Å². The van der Waals surface area contributed by atoms with Crippen LogP contribution in [0.15, 0.2) is 24.3 Å². The standard InChI is InChI=1S/C16H23NO4/c1-11(2)12-7-5-6-8-13(12)21-9-14(18)17-10-16(3,4)15(19)20/h5-8,11H,9-10H2,1-4H3,(H,17,18)(H,19,20). The van der Waals surface area contributed by atoms with Gasteiger partial charge in [0.05, 0.1) is 5.41 Å². The van der Waals surface area contributed by atoms with E-state index in [1.807, 2.05) is 24.3 Å². The van der Waals surface area contributed by atoms with Gasteiger partial charge in [0.2, 0.25) is 0 Å². The van der Waals surface area contributed by atoms with Gasteiger partial charge in [-0.3, -0.25) is 9.59 Å². The van der Waals surface area contributed by atoms with Crippen molar-refractivity contribution >= 4 is 11.9 Å². The number of carbonyl (C=O) groups excluding carboxylic acids is 1. The molecule has 1 amide bonds. The summed E-state index contributed by atoms with van der Waals surface area (Å²) >= 11 is 0. The number of carboxylic acid groups (broad SMARTS) is 1. The maximum Gasteiger partial charge on any atom is 0.310 e. The molecule has 5 heteroatoms. The highest BCUT2D eigenvalue weighted by Crippen LogP contribution is 2.25. The maximum atomic E-state index is 11.7. The number of carboxylic acids is 1. The highest BCUT2D eigenvalue weighted by molar-refractivity contribution is 5.79. The number of nitrogens with one attached hydrogen (secondary N) is 1. The van der Waals surface area contributed by atoms with Crippen LogP contribution >= 0.6 is 0 Å². The minimum Gasteiger partial charge on any atom is -0.483 e. The molecule has 1 aromatic carbocycles. The molecule has 0 aliphatic heterocycles. The van der Waals surface area contributed by atoms with Gasteiger partial charge in [-0.2, -0.15) is 0 Å². The molecule has 0 aliphatic rings. The van der Waals surface area contributed by atoms with E-state index in [1.165, 1.54) is 0 Å². The number of ether oxygens (including phenoxy) is 1. The molecule has 5 nitrogen and oxygen atoms in total. The number of amides is 1. The van der Waals surface area contributed by atoms with E-state index < -0.39 is 11.4 Å². The van der Waals surface area contributed by atoms with Crippen LogP contribution in [0.2, 0.25) is 0 Å². The Labute approximate surface area is 125 Å². The summed E-state index contributed by atoms with van der Waals surface area (Å²) in [6.45, 7) is 7.17. The van der Waals surface area contributed by atoms with Gasteiger partial charge in [0.25, 0.3) is 5.91 Å². The molecule has 0 radical (unpaired) electrons. The van der Waals surface area contributed by atoms with E-state index in [2.05, 4.69) is 19.2 Å². The second-order valence-electron chi connectivity index (χ2n) is 5.95. The summed E-state index contributed by atoms with van der Waals surface area (Å²) in [4.78, 5) is 22.7. The molecule has 0 heterocycles. The number of rotatable bonds is 7. The van der Waals surface area contributed by atoms with Gasteiger partial charge in [-0.25, -0.2) is 0 Å². The Morgan fingerprint density at radius 3 is 2.48 bits per heavy atom. The first-order chi connectivity index (χ1) is 9.74. The van der Waals surface area contributed by atoms with Gasteiger partial charge >= 0.3 is 5.97 Å². The Morgan fingerprint density at radius 2 is 1.90 bits per heavy atom. The van der Waals surface area contributed by atoms with Crippen molar-refractivity contribution < 1.29 is 19.4 Å². The third-order valence-electron chi connectivity index (χ3n) is 3.21. The fourth-order valence-electron chi connectivity index (χ4n) is 1.68. The topological polar surface area (TPSA) is 75.6 Å². The summed E-state index contributed by atoms with van der Waals surface area (Å²) in [6.07, 6.45) is 0. The van der Waals surface area contributed by atoms with E-state index in [0.717, 1.165) is 5.56 Å². The number of aliphatic carboxylic acids is 1. The minimum atomic E-state index is -0.995. The fraction of sp³-hybridized carbons (Fsp3) is 0.500. The molecule has 0 atom stereocenters. The van der Waals surface area contributed by atoms with Gasteiger partial charge in [-0.1, -0.05) is 32.0 Å². The van der Waals surface area contributed by atoms with Crippen molar-refractivity contribution in [2.24, 2.45) is 5.41 Å². The van der Waals surface area contributed by atoms with Crippen molar-refractivity contribution in [1.29, 1.82) is 0 Å². The Morgan fingerprint density at radius 1 is 1.29 bits per heavy atom. The predicted octanol–water partition coefficient (Wildman–Crippen LogP) is 2.42. The molecule has 2 N–H and O–H groups in total. The first-order valence-electron chi connectivity index (χ1n) is 6.96. The highest BCUT2D eigenvalue weighted by atomic mass is 16.5. The van der Waals surface area contributed by atoms with Crippen molar-refractivity contribution in [2.45, 2.75) is 33.6 Å². The summed E-state index contributed by atoms with van der Waals surface area (Å²) in [6, 6.07) is 7.57. The molecule has 0 fully saturated rings. The summed E-state index contributed by atoms with van der Waals surface area (Å²) in [5.74, 6) is -0.299. The highest BCUT2D eigenvalue weighted by Gasteiger charge is 2.27. The van der Waals surface area contributed by atoms with E-state index in [-0.39, 0.29) is 19.1 Å². The average Bonchev–Trinajstić information content (AvgIpc) is 2.43. The van der Waals surface area contributed by atoms with Crippen LogP contribution in [0.1, 0.15) is 39.2 Å². The van der Waals surface area contributed by atoms with Crippen molar-refractivity contribution in [2.75, 3.05) is 13.2 Å². The molecular formula is C16H23NO4. The SMILES string of the molecule is CC(C)c1ccccc1OCC(=O)NCC(C)(C)C(=O)O. The molecule has 1 aromatic rings. The molecule has 1 rings (SSSR count). The normalized spacial score (nSPS) is 11.3. The van der Waals surface area contributed by atoms with Crippen molar-refractivity contribution in [1.82, 2.24) is 5.32 Å². The zero-order chi connectivity index (χ0) is 16.0. The van der Waals surface area contributed by atoms with E-state index in [4.69, 9.17) is 9.84 Å². The molecule has 116 valence electrons. The first-order valence-corrected chi connectivity index (χ1v) is 6.96. The van der Waals surface area contributed by atoms with Crippen LogP contribution in [0.5, 0.6) is 5.75 Å². The van der Waals surface area contributed by atoms with Crippen LogP contribution < -0.4 is 10.1 Å². The van der Waals surface area contributed by atoms with E-state index >= 15 is 0 Å². The summed E-state index contributed by atoms with van der Waals surface area (Å²) in [5, 5.41) is 11.6. The van der Waals surface area contributed by atoms with Gasteiger partial charge in [0, 0.05) is 6.54 Å². The Hall–Kier alpha value is -2.04. The largest absolute Gasteiger partial charge is 0.483 e. The van der Waals surface area contributed by atoms with Crippen LogP contribution in [-0.4, -0.2) is 30.1 Å². The molecule has 0 unspecified atom stereocenters. The maximum absolute atomic E-state index is 11.7. The molecule has 0 bridgehead atoms. The number of hydrogen-bond acceptors (Lipinski definition) is 3. The number of hydrogen-bond donors (Lipinski definition) is 2. The van der Waals surface area contributed by atoms with Gasteiger partial charge in [0.1, 0.15) is 5.75 Å². The lowest BCUT2D eigenvalue weighted by Gasteiger charge is -2.19. The van der Waals surface area contributed by atoms with Gasteiger partial charge in [0.15, 0.2) is 6.61 Å². The second kappa shape index (κ2) is 7.11. The molecule has 0 spiro atoms. The molecular weight excluding hydrogens is 270 g/mol. The lowest BCUT2D eigenvalue weighted by molar-refractivity contribution is -0.146. The Bertz CT molecular complexity index is 509. The van der Waals surface area contributed by atoms with Gasteiger partial charge in [-0.05, 0) is 31.4 Å². The predicted molar refractivity (Wildman–Crippen MR) is 80.5 cm³/mol. The molecule has 0 aromatic heterocycles. The van der Waals surface area contributed by atoms with Crippen LogP contribution in [0.3, 0.4) is 0 Å². The summed E-state index contributed by atoms with van der Waals surface area (Å²) in [7, 11) is 0. The molecule has 21 heavy (non-hydrogen) atoms. The second-order valence-corrected chi connectivity index (χ2v) is 5.95. The summed E-state index contributed by atoms with van der Waals surface area (Å²) in [5.41, 5.74) is 0.0436. The zero-order valence-corrected chi connectivity index (χ0v) is 13.0. The molecule has 0 saturated heterocycles. The Balaban J connectivity index is 2.53. The third kappa shape index (κ3) is 5.10. The minimum absolute atomic E-state index is 0.0658. The van der Waals surface area contributed by atoms with Crippen molar-refractivity contribution in [3.8, 4) is 5.75 Å². The Kier molecular flexibility index (Phi) is 5.76. The fourth-order valence-corrected chi connectivity index (χ4v) is 1.68. The number of para-hydroxylation sites is 1. The van der Waals surface area contributed by atoms with Crippen LogP contribution in [0, 0.1) is 5.41 Å². The van der Waals surface area contributed by atoms with Crippen LogP contribution in [-0.2, 0) is 9.59 Å². The first kappa shape index (κ1) is 17.0. The van der Waals surface area contributed by atoms with Crippen molar-refractivity contribution in [3.05, 3.63) is 29.8 Å². The van der Waals surface area contributed by atoms with E-state index in [9.17, 15) is 9.59 Å². The third-order valence-corrected chi connectivity index (χ3v) is 3.21. The monoisotopic (exact) mass is 293 g/mol. The van der Waals surface area contributed by atoms with Gasteiger partial charge < -0.3 is 15.2 Å². The molecule has 0 saturated carbocycles. The number of benzene rings is 1. The molecule has 0 aliphatic carbocycles. The zero-order valence-electron chi connectivity index (χ0n) is 13.0. The quantitative estimate of drug-likeness (QED) is 0.809. The number of carbonyl (C=O) groups is 2. The lowest BCUT2D eigenvalue weighted by Crippen LogP contribution is -2.40. The lowest BCUT2D eigenvalue weighted by atomic mass is 9.94. The average molecular weight is 293 g/mol. The van der Waals surface area contributed by atoms with Crippen LogP contribution in [0.25, 0.3) is 0 Å². The smallest absolute Gasteiger partial charge is 0.310 e. The van der Waals surface area contributed by atoms with Crippen LogP contribution in [0.4, 0.5) is 0 Å².